The number of ether oxygens (including phenoxy) is 1. The van der Waals surface area contributed by atoms with E-state index in [4.69, 9.17) is 4.74 Å². The normalized spacial score (nSPS) is 17.2. The van der Waals surface area contributed by atoms with Gasteiger partial charge in [0.25, 0.3) is 5.91 Å². The molecule has 0 saturated carbocycles. The minimum atomic E-state index is -0.0233. The standard InChI is InChI=1S/C19H20BrNO2S/c1-12-4-5-13(2)15(10-12)18(22)21-8-9-24-19(21)16-11-14(20)6-7-17(16)23-3/h4-7,10-11,19H,8-9H2,1-3H3. The lowest BCUT2D eigenvalue weighted by Crippen LogP contribution is -2.31. The van der Waals surface area contributed by atoms with Crippen molar-refractivity contribution in [2.45, 2.75) is 19.2 Å². The minimum absolute atomic E-state index is 0.0233. The van der Waals surface area contributed by atoms with E-state index in [1.807, 2.05) is 55.1 Å². The number of benzene rings is 2. The number of hydrogen-bond donors (Lipinski definition) is 0. The molecule has 2 aromatic rings. The molecule has 0 spiro atoms. The molecule has 1 unspecified atom stereocenters. The van der Waals surface area contributed by atoms with Crippen molar-refractivity contribution in [2.24, 2.45) is 0 Å². The first-order valence-corrected chi connectivity index (χ1v) is 9.68. The van der Waals surface area contributed by atoms with Gasteiger partial charge >= 0.3 is 0 Å². The smallest absolute Gasteiger partial charge is 0.255 e. The summed E-state index contributed by atoms with van der Waals surface area (Å²) < 4.78 is 6.51. The molecule has 1 heterocycles. The highest BCUT2D eigenvalue weighted by Crippen LogP contribution is 2.43. The maximum atomic E-state index is 13.1. The van der Waals surface area contributed by atoms with Crippen LogP contribution >= 0.6 is 27.7 Å². The molecule has 2 aromatic carbocycles. The number of carbonyl (C=O) groups excluding carboxylic acids is 1. The average molecular weight is 406 g/mol. The Labute approximate surface area is 155 Å². The van der Waals surface area contributed by atoms with E-state index in [1.165, 1.54) is 0 Å². The number of nitrogens with zero attached hydrogens (tertiary/aromatic N) is 1. The molecule has 1 saturated heterocycles. The summed E-state index contributed by atoms with van der Waals surface area (Å²) in [5, 5.41) is -0.0233. The quantitative estimate of drug-likeness (QED) is 0.722. The first kappa shape index (κ1) is 17.4. The first-order chi connectivity index (χ1) is 11.5. The number of thioether (sulfide) groups is 1. The van der Waals surface area contributed by atoms with Crippen molar-refractivity contribution < 1.29 is 9.53 Å². The van der Waals surface area contributed by atoms with Gasteiger partial charge in [0.15, 0.2) is 0 Å². The van der Waals surface area contributed by atoms with Crippen LogP contribution in [-0.2, 0) is 0 Å². The highest BCUT2D eigenvalue weighted by molar-refractivity contribution is 9.10. The van der Waals surface area contributed by atoms with Gasteiger partial charge in [-0.3, -0.25) is 4.79 Å². The van der Waals surface area contributed by atoms with Crippen LogP contribution in [0, 0.1) is 13.8 Å². The zero-order valence-corrected chi connectivity index (χ0v) is 16.4. The van der Waals surface area contributed by atoms with Crippen LogP contribution < -0.4 is 4.74 Å². The monoisotopic (exact) mass is 405 g/mol. The van der Waals surface area contributed by atoms with E-state index in [1.54, 1.807) is 18.9 Å². The SMILES string of the molecule is COc1ccc(Br)cc1C1SCCN1C(=O)c1cc(C)ccc1C. The van der Waals surface area contributed by atoms with Crippen molar-refractivity contribution in [3.05, 3.63) is 63.1 Å². The van der Waals surface area contributed by atoms with Gasteiger partial charge in [0.1, 0.15) is 11.1 Å². The molecule has 1 amide bonds. The molecular weight excluding hydrogens is 386 g/mol. The number of halogens is 1. The van der Waals surface area contributed by atoms with E-state index >= 15 is 0 Å². The van der Waals surface area contributed by atoms with Crippen LogP contribution in [-0.4, -0.2) is 30.2 Å². The second-order valence-corrected chi connectivity index (χ2v) is 8.03. The molecule has 1 atom stereocenters. The molecule has 0 N–H and O–H groups in total. The molecule has 0 bridgehead atoms. The van der Waals surface area contributed by atoms with Gasteiger partial charge in [-0.25, -0.2) is 0 Å². The van der Waals surface area contributed by atoms with Crippen LogP contribution in [0.3, 0.4) is 0 Å². The second kappa shape index (κ2) is 7.19. The molecule has 1 aliphatic rings. The Morgan fingerprint density at radius 1 is 1.25 bits per heavy atom. The molecule has 24 heavy (non-hydrogen) atoms. The van der Waals surface area contributed by atoms with Gasteiger partial charge in [-0.2, -0.15) is 0 Å². The lowest BCUT2D eigenvalue weighted by Gasteiger charge is -2.26. The van der Waals surface area contributed by atoms with E-state index in [9.17, 15) is 4.79 Å². The van der Waals surface area contributed by atoms with Crippen LogP contribution in [0.25, 0.3) is 0 Å². The summed E-state index contributed by atoms with van der Waals surface area (Å²) in [6.45, 7) is 4.76. The van der Waals surface area contributed by atoms with Crippen molar-refractivity contribution in [2.75, 3.05) is 19.4 Å². The van der Waals surface area contributed by atoms with Gasteiger partial charge in [-0.15, -0.1) is 11.8 Å². The fourth-order valence-corrected chi connectivity index (χ4v) is 4.60. The molecular formula is C19H20BrNO2S. The van der Waals surface area contributed by atoms with Gasteiger partial charge in [-0.05, 0) is 43.7 Å². The Morgan fingerprint density at radius 3 is 2.79 bits per heavy atom. The van der Waals surface area contributed by atoms with Crippen molar-refractivity contribution in [1.82, 2.24) is 4.90 Å². The third-order valence-corrected chi connectivity index (χ3v) is 5.97. The highest BCUT2D eigenvalue weighted by Gasteiger charge is 2.33. The van der Waals surface area contributed by atoms with Crippen molar-refractivity contribution in [3.63, 3.8) is 0 Å². The molecule has 3 nitrogen and oxygen atoms in total. The number of rotatable bonds is 3. The molecule has 0 aliphatic carbocycles. The van der Waals surface area contributed by atoms with Crippen molar-refractivity contribution >= 4 is 33.6 Å². The Morgan fingerprint density at radius 2 is 2.04 bits per heavy atom. The molecule has 0 radical (unpaired) electrons. The van der Waals surface area contributed by atoms with Gasteiger partial charge in [0, 0.05) is 27.9 Å². The summed E-state index contributed by atoms with van der Waals surface area (Å²) in [6, 6.07) is 12.0. The Hall–Kier alpha value is -1.46. The Kier molecular flexibility index (Phi) is 5.21. The highest BCUT2D eigenvalue weighted by atomic mass is 79.9. The van der Waals surface area contributed by atoms with Crippen LogP contribution in [0.5, 0.6) is 5.75 Å². The van der Waals surface area contributed by atoms with E-state index < -0.39 is 0 Å². The van der Waals surface area contributed by atoms with Crippen LogP contribution in [0.4, 0.5) is 0 Å². The number of carbonyl (C=O) groups is 1. The molecule has 126 valence electrons. The maximum absolute atomic E-state index is 13.1. The zero-order valence-electron chi connectivity index (χ0n) is 14.0. The molecule has 0 aromatic heterocycles. The number of methoxy groups -OCH3 is 1. The topological polar surface area (TPSA) is 29.5 Å². The first-order valence-electron chi connectivity index (χ1n) is 7.84. The lowest BCUT2D eigenvalue weighted by molar-refractivity contribution is 0.0758. The second-order valence-electron chi connectivity index (χ2n) is 5.93. The van der Waals surface area contributed by atoms with E-state index in [0.717, 1.165) is 44.8 Å². The summed E-state index contributed by atoms with van der Waals surface area (Å²) in [7, 11) is 1.67. The van der Waals surface area contributed by atoms with Crippen molar-refractivity contribution in [3.8, 4) is 5.75 Å². The summed E-state index contributed by atoms with van der Waals surface area (Å²) >= 11 is 5.31. The van der Waals surface area contributed by atoms with Gasteiger partial charge in [0.2, 0.25) is 0 Å². The van der Waals surface area contributed by atoms with E-state index in [0.29, 0.717) is 0 Å². The predicted molar refractivity (Wildman–Crippen MR) is 103 cm³/mol. The summed E-state index contributed by atoms with van der Waals surface area (Å²) in [5.74, 6) is 1.83. The average Bonchev–Trinajstić information content (AvgIpc) is 3.06. The van der Waals surface area contributed by atoms with Gasteiger partial charge in [0.05, 0.1) is 7.11 Å². The fourth-order valence-electron chi connectivity index (χ4n) is 2.95. The molecule has 5 heteroatoms. The van der Waals surface area contributed by atoms with E-state index in [-0.39, 0.29) is 11.3 Å². The van der Waals surface area contributed by atoms with E-state index in [2.05, 4.69) is 15.9 Å². The Bertz CT molecular complexity index is 778. The number of hydrogen-bond acceptors (Lipinski definition) is 3. The third-order valence-electron chi connectivity index (χ3n) is 4.23. The minimum Gasteiger partial charge on any atom is -0.496 e. The molecule has 3 rings (SSSR count). The summed E-state index contributed by atoms with van der Waals surface area (Å²) in [6.07, 6.45) is 0. The van der Waals surface area contributed by atoms with Crippen LogP contribution in [0.15, 0.2) is 40.9 Å². The van der Waals surface area contributed by atoms with Gasteiger partial charge in [-0.1, -0.05) is 33.6 Å². The predicted octanol–water partition coefficient (Wildman–Crippen LogP) is 4.96. The third kappa shape index (κ3) is 3.33. The summed E-state index contributed by atoms with van der Waals surface area (Å²) in [5.41, 5.74) is 3.94. The van der Waals surface area contributed by atoms with Crippen LogP contribution in [0.2, 0.25) is 0 Å². The zero-order chi connectivity index (χ0) is 17.3. The van der Waals surface area contributed by atoms with Crippen LogP contribution in [0.1, 0.15) is 32.4 Å². The maximum Gasteiger partial charge on any atom is 0.255 e. The number of amides is 1. The molecule has 1 fully saturated rings. The van der Waals surface area contributed by atoms with Gasteiger partial charge < -0.3 is 9.64 Å². The Balaban J connectivity index is 1.98. The van der Waals surface area contributed by atoms with Crippen molar-refractivity contribution in [1.29, 1.82) is 0 Å². The fraction of sp³-hybridized carbons (Fsp3) is 0.316. The summed E-state index contributed by atoms with van der Waals surface area (Å²) in [4.78, 5) is 15.1. The largest absolute Gasteiger partial charge is 0.496 e. The number of aryl methyl sites for hydroxylation is 2. The molecule has 1 aliphatic heterocycles. The lowest BCUT2D eigenvalue weighted by atomic mass is 10.0.